The highest BCUT2D eigenvalue weighted by molar-refractivity contribution is 5.74. The van der Waals surface area contributed by atoms with Crippen LogP contribution in [0.25, 0.3) is 0 Å². The molecule has 0 bridgehead atoms. The lowest BCUT2D eigenvalue weighted by atomic mass is 10.1. The molecule has 0 radical (unpaired) electrons. The lowest BCUT2D eigenvalue weighted by molar-refractivity contribution is -0.129. The summed E-state index contributed by atoms with van der Waals surface area (Å²) in [5.41, 5.74) is 0. The molecular weight excluding hydrogens is 140 g/mol. The number of carbonyl (C=O) groups is 1. The van der Waals surface area contributed by atoms with Crippen molar-refractivity contribution in [1.82, 2.24) is 10.2 Å². The van der Waals surface area contributed by atoms with Gasteiger partial charge in [-0.25, -0.2) is 0 Å². The first-order chi connectivity index (χ1) is 5.29. The number of hydrogen-bond donors (Lipinski definition) is 1. The van der Waals surface area contributed by atoms with Crippen molar-refractivity contribution >= 4 is 5.91 Å². The highest BCUT2D eigenvalue weighted by Gasteiger charge is 2.38. The van der Waals surface area contributed by atoms with Gasteiger partial charge in [0.05, 0.1) is 0 Å². The number of rotatable bonds is 0. The van der Waals surface area contributed by atoms with E-state index >= 15 is 0 Å². The van der Waals surface area contributed by atoms with Crippen LogP contribution >= 0.6 is 0 Å². The molecule has 0 aromatic rings. The maximum atomic E-state index is 11.1. The quantitative estimate of drug-likeness (QED) is 0.531. The molecule has 2 atom stereocenters. The summed E-state index contributed by atoms with van der Waals surface area (Å²) < 4.78 is 0. The maximum absolute atomic E-state index is 11.1. The number of nitrogens with one attached hydrogen (secondary N) is 1. The third-order valence-corrected chi connectivity index (χ3v) is 2.80. The fourth-order valence-corrected chi connectivity index (χ4v) is 2.26. The van der Waals surface area contributed by atoms with Gasteiger partial charge in [-0.05, 0) is 19.4 Å². The van der Waals surface area contributed by atoms with Gasteiger partial charge in [0, 0.05) is 25.6 Å². The second-order valence-electron chi connectivity index (χ2n) is 3.42. The van der Waals surface area contributed by atoms with Gasteiger partial charge in [0.2, 0.25) is 5.91 Å². The smallest absolute Gasteiger partial charge is 0.219 e. The zero-order valence-electron chi connectivity index (χ0n) is 6.84. The van der Waals surface area contributed by atoms with Crippen LogP contribution in [0, 0.1) is 0 Å². The molecule has 0 aliphatic carbocycles. The molecule has 2 unspecified atom stereocenters. The summed E-state index contributed by atoms with van der Waals surface area (Å²) in [5.74, 6) is 0.237. The molecule has 0 aromatic heterocycles. The lowest BCUT2D eigenvalue weighted by Gasteiger charge is -2.21. The summed E-state index contributed by atoms with van der Waals surface area (Å²) >= 11 is 0. The van der Waals surface area contributed by atoms with E-state index in [1.807, 2.05) is 4.90 Å². The van der Waals surface area contributed by atoms with E-state index in [1.54, 1.807) is 6.92 Å². The molecule has 2 fully saturated rings. The Bertz CT molecular complexity index is 181. The molecule has 2 heterocycles. The van der Waals surface area contributed by atoms with Crippen LogP contribution in [-0.2, 0) is 4.79 Å². The Labute approximate surface area is 66.8 Å². The number of nitrogens with zero attached hydrogens (tertiary/aromatic N) is 1. The third kappa shape index (κ3) is 1.03. The Kier molecular flexibility index (Phi) is 1.60. The topological polar surface area (TPSA) is 32.3 Å². The van der Waals surface area contributed by atoms with Gasteiger partial charge in [0.25, 0.3) is 0 Å². The van der Waals surface area contributed by atoms with Crippen molar-refractivity contribution in [2.75, 3.05) is 13.1 Å². The first-order valence-corrected chi connectivity index (χ1v) is 4.29. The minimum absolute atomic E-state index is 0.237. The number of fused-ring (bicyclic) bond motifs is 1. The molecule has 3 heteroatoms. The van der Waals surface area contributed by atoms with E-state index in [0.717, 1.165) is 25.9 Å². The molecule has 2 aliphatic heterocycles. The molecule has 1 N–H and O–H groups in total. The SMILES string of the molecule is CC(=O)N1CCC2NCCC21. The van der Waals surface area contributed by atoms with Crippen molar-refractivity contribution in [2.45, 2.75) is 31.8 Å². The van der Waals surface area contributed by atoms with Crippen LogP contribution in [0.15, 0.2) is 0 Å². The van der Waals surface area contributed by atoms with Crippen molar-refractivity contribution in [2.24, 2.45) is 0 Å². The summed E-state index contributed by atoms with van der Waals surface area (Å²) in [7, 11) is 0. The zero-order chi connectivity index (χ0) is 7.84. The molecule has 0 saturated carbocycles. The highest BCUT2D eigenvalue weighted by Crippen LogP contribution is 2.24. The fraction of sp³-hybridized carbons (Fsp3) is 0.875. The molecule has 0 spiro atoms. The number of hydrogen-bond acceptors (Lipinski definition) is 2. The monoisotopic (exact) mass is 154 g/mol. The van der Waals surface area contributed by atoms with E-state index in [-0.39, 0.29) is 5.91 Å². The van der Waals surface area contributed by atoms with Gasteiger partial charge >= 0.3 is 0 Å². The van der Waals surface area contributed by atoms with Gasteiger partial charge in [0.15, 0.2) is 0 Å². The molecular formula is C8H14N2O. The standard InChI is InChI=1S/C8H14N2O/c1-6(11)10-5-3-7-8(10)2-4-9-7/h7-9H,2-5H2,1H3. The van der Waals surface area contributed by atoms with E-state index < -0.39 is 0 Å². The lowest BCUT2D eigenvalue weighted by Crippen LogP contribution is -2.37. The second kappa shape index (κ2) is 2.48. The predicted octanol–water partition coefficient (Wildman–Crippen LogP) is -0.0309. The Morgan fingerprint density at radius 2 is 2.36 bits per heavy atom. The van der Waals surface area contributed by atoms with Crippen LogP contribution in [-0.4, -0.2) is 36.0 Å². The summed E-state index contributed by atoms with van der Waals surface area (Å²) in [6, 6.07) is 1.10. The largest absolute Gasteiger partial charge is 0.338 e. The summed E-state index contributed by atoms with van der Waals surface area (Å²) in [4.78, 5) is 13.1. The van der Waals surface area contributed by atoms with Gasteiger partial charge in [-0.15, -0.1) is 0 Å². The van der Waals surface area contributed by atoms with Crippen molar-refractivity contribution in [3.63, 3.8) is 0 Å². The fourth-order valence-electron chi connectivity index (χ4n) is 2.26. The van der Waals surface area contributed by atoms with E-state index in [9.17, 15) is 4.79 Å². The van der Waals surface area contributed by atoms with Crippen LogP contribution in [0.3, 0.4) is 0 Å². The third-order valence-electron chi connectivity index (χ3n) is 2.80. The minimum atomic E-state index is 0.237. The summed E-state index contributed by atoms with van der Waals surface area (Å²) in [6.07, 6.45) is 2.29. The average molecular weight is 154 g/mol. The normalized spacial score (nSPS) is 35.9. The van der Waals surface area contributed by atoms with Crippen molar-refractivity contribution < 1.29 is 4.79 Å². The van der Waals surface area contributed by atoms with Crippen molar-refractivity contribution in [1.29, 1.82) is 0 Å². The summed E-state index contributed by atoms with van der Waals surface area (Å²) in [6.45, 7) is 3.71. The van der Waals surface area contributed by atoms with Gasteiger partial charge in [-0.1, -0.05) is 0 Å². The van der Waals surface area contributed by atoms with Crippen molar-refractivity contribution in [3.8, 4) is 0 Å². The Hall–Kier alpha value is -0.570. The van der Waals surface area contributed by atoms with Crippen molar-refractivity contribution in [3.05, 3.63) is 0 Å². The highest BCUT2D eigenvalue weighted by atomic mass is 16.2. The van der Waals surface area contributed by atoms with E-state index in [2.05, 4.69) is 5.32 Å². The molecule has 2 aliphatic rings. The molecule has 2 saturated heterocycles. The first kappa shape index (κ1) is 7.10. The number of carbonyl (C=O) groups excluding carboxylic acids is 1. The predicted molar refractivity (Wildman–Crippen MR) is 42.2 cm³/mol. The Morgan fingerprint density at radius 3 is 3.09 bits per heavy atom. The molecule has 1 amide bonds. The van der Waals surface area contributed by atoms with Gasteiger partial charge in [-0.2, -0.15) is 0 Å². The minimum Gasteiger partial charge on any atom is -0.338 e. The van der Waals surface area contributed by atoms with Gasteiger partial charge < -0.3 is 10.2 Å². The second-order valence-corrected chi connectivity index (χ2v) is 3.42. The van der Waals surface area contributed by atoms with Crippen LogP contribution < -0.4 is 5.32 Å². The first-order valence-electron chi connectivity index (χ1n) is 4.29. The summed E-state index contributed by atoms with van der Waals surface area (Å²) in [5, 5.41) is 3.41. The molecule has 11 heavy (non-hydrogen) atoms. The molecule has 2 rings (SSSR count). The molecule has 3 nitrogen and oxygen atoms in total. The Balaban J connectivity index is 2.08. The zero-order valence-corrected chi connectivity index (χ0v) is 6.84. The van der Waals surface area contributed by atoms with Crippen LogP contribution in [0.2, 0.25) is 0 Å². The van der Waals surface area contributed by atoms with E-state index in [4.69, 9.17) is 0 Å². The average Bonchev–Trinajstić information content (AvgIpc) is 2.41. The van der Waals surface area contributed by atoms with Gasteiger partial charge in [0.1, 0.15) is 0 Å². The van der Waals surface area contributed by atoms with Crippen LogP contribution in [0.4, 0.5) is 0 Å². The number of amides is 1. The molecule has 62 valence electrons. The van der Waals surface area contributed by atoms with Crippen LogP contribution in [0.1, 0.15) is 19.8 Å². The maximum Gasteiger partial charge on any atom is 0.219 e. The van der Waals surface area contributed by atoms with E-state index in [0.29, 0.717) is 12.1 Å². The number of likely N-dealkylation sites (tertiary alicyclic amines) is 1. The van der Waals surface area contributed by atoms with Gasteiger partial charge in [-0.3, -0.25) is 4.79 Å². The van der Waals surface area contributed by atoms with E-state index in [1.165, 1.54) is 0 Å². The van der Waals surface area contributed by atoms with Crippen LogP contribution in [0.5, 0.6) is 0 Å². The Morgan fingerprint density at radius 1 is 1.55 bits per heavy atom. The molecule has 0 aromatic carbocycles.